The van der Waals surface area contributed by atoms with Crippen molar-refractivity contribution in [3.05, 3.63) is 41.7 Å². The molecule has 5 nitrogen and oxygen atoms in total. The van der Waals surface area contributed by atoms with Crippen LogP contribution in [0.4, 0.5) is 17.1 Å². The molecule has 0 unspecified atom stereocenters. The Morgan fingerprint density at radius 3 is 2.52 bits per heavy atom. The van der Waals surface area contributed by atoms with E-state index in [2.05, 4.69) is 22.9 Å². The summed E-state index contributed by atoms with van der Waals surface area (Å²) in [5, 5.41) is 0.193. The van der Waals surface area contributed by atoms with Crippen LogP contribution in [-0.4, -0.2) is 28.3 Å². The molecule has 0 aliphatic carbocycles. The van der Waals surface area contributed by atoms with Crippen molar-refractivity contribution in [1.29, 1.82) is 0 Å². The smallest absolute Gasteiger partial charge is 0.277 e. The summed E-state index contributed by atoms with van der Waals surface area (Å²) in [4.78, 5) is 29.6. The number of unbranched alkanes of at least 4 members (excludes halogenated alkanes) is 1. The molecule has 0 fully saturated rings. The van der Waals surface area contributed by atoms with Crippen molar-refractivity contribution in [2.24, 2.45) is 7.05 Å². The van der Waals surface area contributed by atoms with Gasteiger partial charge in [0.2, 0.25) is 5.91 Å². The van der Waals surface area contributed by atoms with Crippen LogP contribution in [0.2, 0.25) is 0 Å². The van der Waals surface area contributed by atoms with E-state index < -0.39 is 0 Å². The Bertz CT molecular complexity index is 828. The fraction of sp³-hybridized carbons (Fsp3) is 0.368. The number of amides is 2. The van der Waals surface area contributed by atoms with Crippen molar-refractivity contribution >= 4 is 44.8 Å². The molecule has 1 aromatic heterocycles. The molecule has 0 saturated carbocycles. The number of halogens is 1. The number of benzene rings is 1. The summed E-state index contributed by atoms with van der Waals surface area (Å²) >= 11 is 3.29. The van der Waals surface area contributed by atoms with Gasteiger partial charge in [0.1, 0.15) is 5.69 Å². The Labute approximate surface area is 156 Å². The minimum atomic E-state index is -0.0897. The molecule has 25 heavy (non-hydrogen) atoms. The Kier molecular flexibility index (Phi) is 4.99. The maximum atomic E-state index is 13.4. The highest BCUT2D eigenvalue weighted by Gasteiger charge is 2.36. The van der Waals surface area contributed by atoms with E-state index in [1.54, 1.807) is 9.80 Å². The van der Waals surface area contributed by atoms with Crippen molar-refractivity contribution in [3.63, 3.8) is 0 Å². The van der Waals surface area contributed by atoms with Gasteiger partial charge in [0.25, 0.3) is 5.91 Å². The first-order valence-electron chi connectivity index (χ1n) is 8.47. The van der Waals surface area contributed by atoms with Crippen LogP contribution in [0, 0.1) is 6.92 Å². The number of fused-ring (bicyclic) bond motifs is 2. The van der Waals surface area contributed by atoms with Crippen LogP contribution in [0.3, 0.4) is 0 Å². The molecule has 0 atom stereocenters. The zero-order valence-electron chi connectivity index (χ0n) is 14.8. The van der Waals surface area contributed by atoms with Gasteiger partial charge < -0.3 is 9.47 Å². The largest absolute Gasteiger partial charge is 0.345 e. The van der Waals surface area contributed by atoms with E-state index in [9.17, 15) is 9.59 Å². The van der Waals surface area contributed by atoms with Gasteiger partial charge in [-0.05, 0) is 31.0 Å². The lowest BCUT2D eigenvalue weighted by Crippen LogP contribution is -2.32. The van der Waals surface area contributed by atoms with Gasteiger partial charge in [0.05, 0.1) is 22.4 Å². The van der Waals surface area contributed by atoms with Crippen molar-refractivity contribution in [1.82, 2.24) is 4.57 Å². The molecule has 3 rings (SSSR count). The van der Waals surface area contributed by atoms with Gasteiger partial charge >= 0.3 is 0 Å². The number of hydrogen-bond donors (Lipinski definition) is 0. The standard InChI is InChI=1S/C19H22BrN3O2/c1-4-5-10-22-14-8-6-7-9-15(14)23(16(24)11-20)17-13(2)12-21(3)18(17)19(22)25/h6-9,12H,4-5,10-11H2,1-3H3. The summed E-state index contributed by atoms with van der Waals surface area (Å²) in [6.07, 6.45) is 3.81. The van der Waals surface area contributed by atoms with Gasteiger partial charge in [-0.2, -0.15) is 0 Å². The van der Waals surface area contributed by atoms with Crippen molar-refractivity contribution in [2.45, 2.75) is 26.7 Å². The second kappa shape index (κ2) is 7.04. The number of aromatic nitrogens is 1. The Morgan fingerprint density at radius 1 is 1.20 bits per heavy atom. The van der Waals surface area contributed by atoms with Crippen LogP contribution in [0.5, 0.6) is 0 Å². The molecular weight excluding hydrogens is 382 g/mol. The number of carbonyl (C=O) groups excluding carboxylic acids is 2. The number of hydrogen-bond acceptors (Lipinski definition) is 2. The van der Waals surface area contributed by atoms with Crippen LogP contribution < -0.4 is 9.80 Å². The highest BCUT2D eigenvalue weighted by Crippen LogP contribution is 2.43. The fourth-order valence-electron chi connectivity index (χ4n) is 3.40. The molecule has 1 aromatic carbocycles. The second-order valence-electron chi connectivity index (χ2n) is 6.28. The van der Waals surface area contributed by atoms with Crippen molar-refractivity contribution < 1.29 is 9.59 Å². The summed E-state index contributed by atoms with van der Waals surface area (Å²) in [6, 6.07) is 7.63. The topological polar surface area (TPSA) is 45.6 Å². The average Bonchev–Trinajstić information content (AvgIpc) is 2.83. The highest BCUT2D eigenvalue weighted by molar-refractivity contribution is 9.09. The van der Waals surface area contributed by atoms with Gasteiger partial charge in [-0.25, -0.2) is 0 Å². The summed E-state index contributed by atoms with van der Waals surface area (Å²) in [5.74, 6) is -0.149. The van der Waals surface area contributed by atoms with Gasteiger partial charge in [0, 0.05) is 19.8 Å². The number of alkyl halides is 1. The molecule has 1 aliphatic heterocycles. The molecule has 2 heterocycles. The first kappa shape index (κ1) is 17.7. The fourth-order valence-corrected chi connectivity index (χ4v) is 3.65. The van der Waals surface area contributed by atoms with E-state index in [1.165, 1.54) is 0 Å². The van der Waals surface area contributed by atoms with E-state index in [4.69, 9.17) is 0 Å². The normalized spacial score (nSPS) is 13.5. The third-order valence-electron chi connectivity index (χ3n) is 4.52. The number of rotatable bonds is 4. The van der Waals surface area contributed by atoms with E-state index >= 15 is 0 Å². The SMILES string of the molecule is CCCCN1C(=O)c2c(c(C)cn2C)N(C(=O)CBr)c2ccccc21. The predicted octanol–water partition coefficient (Wildman–Crippen LogP) is 4.15. The Hall–Kier alpha value is -2.08. The van der Waals surface area contributed by atoms with Gasteiger partial charge in [0.15, 0.2) is 0 Å². The number of carbonyl (C=O) groups is 2. The summed E-state index contributed by atoms with van der Waals surface area (Å²) < 4.78 is 1.83. The minimum Gasteiger partial charge on any atom is -0.345 e. The van der Waals surface area contributed by atoms with Gasteiger partial charge in [-0.3, -0.25) is 14.5 Å². The monoisotopic (exact) mass is 403 g/mol. The molecule has 0 bridgehead atoms. The van der Waals surface area contributed by atoms with Crippen LogP contribution in [0.1, 0.15) is 35.8 Å². The van der Waals surface area contributed by atoms with Gasteiger partial charge in [-0.1, -0.05) is 41.4 Å². The number of aryl methyl sites for hydroxylation is 2. The molecular formula is C19H22BrN3O2. The van der Waals surface area contributed by atoms with Gasteiger partial charge in [-0.15, -0.1) is 0 Å². The molecule has 0 radical (unpaired) electrons. The molecule has 0 spiro atoms. The lowest BCUT2D eigenvalue weighted by Gasteiger charge is -2.25. The van der Waals surface area contributed by atoms with Crippen molar-refractivity contribution in [3.8, 4) is 0 Å². The molecule has 2 amide bonds. The highest BCUT2D eigenvalue weighted by atomic mass is 79.9. The summed E-state index contributed by atoms with van der Waals surface area (Å²) in [6.45, 7) is 4.67. The third kappa shape index (κ3) is 2.88. The van der Waals surface area contributed by atoms with Crippen molar-refractivity contribution in [2.75, 3.05) is 21.7 Å². The molecule has 0 saturated heterocycles. The maximum absolute atomic E-state index is 13.4. The van der Waals surface area contributed by atoms with E-state index in [0.717, 1.165) is 29.8 Å². The Balaban J connectivity index is 2.31. The lowest BCUT2D eigenvalue weighted by molar-refractivity contribution is -0.115. The van der Waals surface area contributed by atoms with E-state index in [1.807, 2.05) is 49.0 Å². The molecule has 0 N–H and O–H groups in total. The molecule has 6 heteroatoms. The van der Waals surface area contributed by atoms with Crippen LogP contribution in [0.25, 0.3) is 0 Å². The van der Waals surface area contributed by atoms with Crippen LogP contribution in [0.15, 0.2) is 30.5 Å². The zero-order chi connectivity index (χ0) is 18.1. The molecule has 1 aliphatic rings. The Morgan fingerprint density at radius 2 is 1.88 bits per heavy atom. The predicted molar refractivity (Wildman–Crippen MR) is 104 cm³/mol. The quantitative estimate of drug-likeness (QED) is 0.719. The lowest BCUT2D eigenvalue weighted by atomic mass is 10.2. The first-order valence-corrected chi connectivity index (χ1v) is 9.59. The van der Waals surface area contributed by atoms with E-state index in [-0.39, 0.29) is 17.1 Å². The van der Waals surface area contributed by atoms with Crippen LogP contribution >= 0.6 is 15.9 Å². The third-order valence-corrected chi connectivity index (χ3v) is 5.00. The van der Waals surface area contributed by atoms with Crippen LogP contribution in [-0.2, 0) is 11.8 Å². The number of anilines is 3. The average molecular weight is 404 g/mol. The summed E-state index contributed by atoms with van der Waals surface area (Å²) in [7, 11) is 1.86. The minimum absolute atomic E-state index is 0.0589. The second-order valence-corrected chi connectivity index (χ2v) is 6.84. The number of nitrogens with zero attached hydrogens (tertiary/aromatic N) is 3. The maximum Gasteiger partial charge on any atom is 0.277 e. The summed E-state index contributed by atoms with van der Waals surface area (Å²) in [5.41, 5.74) is 3.69. The first-order chi connectivity index (χ1) is 12.0. The number of para-hydroxylation sites is 2. The molecule has 132 valence electrons. The van der Waals surface area contributed by atoms with E-state index in [0.29, 0.717) is 17.9 Å². The molecule has 2 aromatic rings. The zero-order valence-corrected chi connectivity index (χ0v) is 16.3.